The number of hydrogen-bond donors (Lipinski definition) is 2. The van der Waals surface area contributed by atoms with Gasteiger partial charge in [-0.1, -0.05) is 61.0 Å². The molecule has 0 aliphatic carbocycles. The number of amides is 3. The van der Waals surface area contributed by atoms with Crippen LogP contribution in [0, 0.1) is 0 Å². The van der Waals surface area contributed by atoms with Crippen LogP contribution in [-0.4, -0.2) is 72.3 Å². The highest BCUT2D eigenvalue weighted by atomic mass is 35.5. The smallest absolute Gasteiger partial charge is 0.251 e. The van der Waals surface area contributed by atoms with Crippen molar-refractivity contribution in [2.75, 3.05) is 32.7 Å². The molecule has 8 heteroatoms. The number of carbonyl (C=O) groups is 3. The Hall–Kier alpha value is -3.42. The number of fused-ring (bicyclic) bond motifs is 1. The van der Waals surface area contributed by atoms with Gasteiger partial charge in [0, 0.05) is 61.7 Å². The van der Waals surface area contributed by atoms with Crippen molar-refractivity contribution < 1.29 is 14.4 Å². The molecule has 2 aliphatic rings. The lowest BCUT2D eigenvalue weighted by Crippen LogP contribution is -2.49. The number of hydrogen-bond acceptors (Lipinski definition) is 4. The molecule has 0 unspecified atom stereocenters. The molecule has 0 radical (unpaired) electrons. The molecule has 3 amide bonds. The molecule has 0 aromatic heterocycles. The van der Waals surface area contributed by atoms with Crippen LogP contribution in [0.5, 0.6) is 0 Å². The highest BCUT2D eigenvalue weighted by molar-refractivity contribution is 6.31. The molecule has 2 aliphatic heterocycles. The Labute approximate surface area is 259 Å². The van der Waals surface area contributed by atoms with Gasteiger partial charge in [-0.15, -0.1) is 0 Å². The van der Waals surface area contributed by atoms with E-state index in [1.165, 1.54) is 12.0 Å². The van der Waals surface area contributed by atoms with Gasteiger partial charge >= 0.3 is 0 Å². The first-order valence-corrected chi connectivity index (χ1v) is 16.1. The summed E-state index contributed by atoms with van der Waals surface area (Å²) >= 11 is 6.11. The zero-order valence-corrected chi connectivity index (χ0v) is 25.8. The highest BCUT2D eigenvalue weighted by Crippen LogP contribution is 2.24. The third-order valence-electron chi connectivity index (χ3n) is 8.93. The summed E-state index contributed by atoms with van der Waals surface area (Å²) in [5.74, 6) is 0.254. The summed E-state index contributed by atoms with van der Waals surface area (Å²) in [6, 6.07) is 21.0. The molecule has 7 nitrogen and oxygen atoms in total. The summed E-state index contributed by atoms with van der Waals surface area (Å²) in [4.78, 5) is 44.0. The molecule has 2 N–H and O–H groups in total. The highest BCUT2D eigenvalue weighted by Gasteiger charge is 2.33. The Morgan fingerprint density at radius 2 is 1.72 bits per heavy atom. The maximum absolute atomic E-state index is 13.9. The Morgan fingerprint density at radius 3 is 2.49 bits per heavy atom. The topological polar surface area (TPSA) is 81.8 Å². The first-order valence-electron chi connectivity index (χ1n) is 15.8. The van der Waals surface area contributed by atoms with Crippen molar-refractivity contribution in [3.63, 3.8) is 0 Å². The first-order chi connectivity index (χ1) is 20.9. The fraction of sp³-hybridized carbons (Fsp3) is 0.457. The number of nitrogens with zero attached hydrogens (tertiary/aromatic N) is 2. The third kappa shape index (κ3) is 8.15. The van der Waals surface area contributed by atoms with E-state index in [4.69, 9.17) is 11.6 Å². The number of likely N-dealkylation sites (tertiary alicyclic amines) is 1. The van der Waals surface area contributed by atoms with Gasteiger partial charge in [-0.3, -0.25) is 14.4 Å². The van der Waals surface area contributed by atoms with Gasteiger partial charge in [-0.2, -0.15) is 0 Å². The van der Waals surface area contributed by atoms with Crippen molar-refractivity contribution in [1.82, 2.24) is 20.4 Å². The summed E-state index contributed by atoms with van der Waals surface area (Å²) in [6.45, 7) is 5.41. The second-order valence-electron chi connectivity index (χ2n) is 11.9. The molecule has 0 saturated carbocycles. The van der Waals surface area contributed by atoms with Gasteiger partial charge < -0.3 is 20.4 Å². The molecule has 2 fully saturated rings. The van der Waals surface area contributed by atoms with E-state index in [0.717, 1.165) is 43.1 Å². The van der Waals surface area contributed by atoms with Crippen molar-refractivity contribution in [3.8, 4) is 0 Å². The second-order valence-corrected chi connectivity index (χ2v) is 12.3. The Balaban J connectivity index is 1.26. The van der Waals surface area contributed by atoms with Crippen molar-refractivity contribution in [3.05, 3.63) is 82.9 Å². The minimum absolute atomic E-state index is 0.0443. The molecule has 3 atom stereocenters. The minimum atomic E-state index is -0.475. The van der Waals surface area contributed by atoms with Gasteiger partial charge in [0.2, 0.25) is 11.8 Å². The SMILES string of the molecule is CC[C@H](CN1CC[C@@H](CNC(=O)c2ccc3cc(Cl)ccc3c2)N[C@@H](CCC(=O)N2CCCCC2)C1=O)c1ccccc1. The van der Waals surface area contributed by atoms with Crippen LogP contribution >= 0.6 is 11.6 Å². The van der Waals surface area contributed by atoms with Gasteiger partial charge in [-0.25, -0.2) is 0 Å². The fourth-order valence-electron chi connectivity index (χ4n) is 6.34. The molecule has 0 bridgehead atoms. The molecule has 3 aromatic rings. The van der Waals surface area contributed by atoms with Crippen LogP contribution in [0.4, 0.5) is 0 Å². The van der Waals surface area contributed by atoms with E-state index in [1.54, 1.807) is 0 Å². The van der Waals surface area contributed by atoms with Crippen LogP contribution in [0.2, 0.25) is 5.02 Å². The van der Waals surface area contributed by atoms with Crippen molar-refractivity contribution in [2.45, 2.75) is 69.9 Å². The fourth-order valence-corrected chi connectivity index (χ4v) is 6.52. The largest absolute Gasteiger partial charge is 0.350 e. The average molecular weight is 603 g/mol. The Morgan fingerprint density at radius 1 is 0.977 bits per heavy atom. The number of rotatable bonds is 10. The van der Waals surface area contributed by atoms with E-state index in [0.29, 0.717) is 49.5 Å². The molecule has 3 aromatic carbocycles. The number of piperidine rings is 1. The summed E-state index contributed by atoms with van der Waals surface area (Å²) < 4.78 is 0. The van der Waals surface area contributed by atoms with E-state index in [9.17, 15) is 14.4 Å². The second kappa shape index (κ2) is 14.8. The van der Waals surface area contributed by atoms with Crippen LogP contribution in [0.1, 0.15) is 73.7 Å². The van der Waals surface area contributed by atoms with E-state index >= 15 is 0 Å². The zero-order chi connectivity index (χ0) is 30.2. The normalized spacial score (nSPS) is 20.1. The third-order valence-corrected chi connectivity index (χ3v) is 9.16. The summed E-state index contributed by atoms with van der Waals surface area (Å²) in [7, 11) is 0. The Kier molecular flexibility index (Phi) is 10.7. The van der Waals surface area contributed by atoms with Gasteiger partial charge in [0.05, 0.1) is 6.04 Å². The molecular formula is C35H43ClN4O3. The lowest BCUT2D eigenvalue weighted by Gasteiger charge is -2.30. The van der Waals surface area contributed by atoms with Gasteiger partial charge in [-0.05, 0) is 79.1 Å². The molecule has 0 spiro atoms. The molecule has 2 saturated heterocycles. The van der Waals surface area contributed by atoms with Crippen molar-refractivity contribution >= 4 is 40.1 Å². The first kappa shape index (κ1) is 31.0. The molecule has 2 heterocycles. The van der Waals surface area contributed by atoms with Crippen LogP contribution < -0.4 is 10.6 Å². The summed E-state index contributed by atoms with van der Waals surface area (Å²) in [6.07, 6.45) is 5.69. The zero-order valence-electron chi connectivity index (χ0n) is 25.1. The maximum atomic E-state index is 13.9. The quantitative estimate of drug-likeness (QED) is 0.309. The van der Waals surface area contributed by atoms with Crippen molar-refractivity contribution in [1.29, 1.82) is 0 Å². The van der Waals surface area contributed by atoms with E-state index in [1.807, 2.05) is 64.4 Å². The molecule has 228 valence electrons. The van der Waals surface area contributed by atoms with Gasteiger partial charge in [0.1, 0.15) is 0 Å². The number of benzene rings is 3. The predicted octanol–water partition coefficient (Wildman–Crippen LogP) is 5.77. The maximum Gasteiger partial charge on any atom is 0.251 e. The number of nitrogens with one attached hydrogen (secondary N) is 2. The van der Waals surface area contributed by atoms with Crippen LogP contribution in [0.25, 0.3) is 10.8 Å². The van der Waals surface area contributed by atoms with Crippen molar-refractivity contribution in [2.24, 2.45) is 0 Å². The number of halogens is 1. The Bertz CT molecular complexity index is 1410. The average Bonchev–Trinajstić information content (AvgIpc) is 3.19. The monoisotopic (exact) mass is 602 g/mol. The van der Waals surface area contributed by atoms with Gasteiger partial charge in [0.15, 0.2) is 0 Å². The molecular weight excluding hydrogens is 560 g/mol. The summed E-state index contributed by atoms with van der Waals surface area (Å²) in [5, 5.41) is 9.22. The standard InChI is InChI=1S/C35H43ClN4O3/c1-2-25(26-9-5-3-6-10-26)24-40-20-17-31(38-32(35(40)43)15-16-33(41)39-18-7-4-8-19-39)23-37-34(42)29-12-11-28-22-30(36)14-13-27(28)21-29/h3,5-6,9-14,21-22,25,31-32,38H,2,4,7-8,15-20,23-24H2,1H3,(H,37,42)/t25-,31+,32+/m1/s1. The number of carbonyl (C=O) groups excluding carboxylic acids is 3. The summed E-state index contributed by atoms with van der Waals surface area (Å²) in [5.41, 5.74) is 1.81. The van der Waals surface area contributed by atoms with Crippen LogP contribution in [0.3, 0.4) is 0 Å². The lowest BCUT2D eigenvalue weighted by atomic mass is 9.95. The van der Waals surface area contributed by atoms with Gasteiger partial charge in [0.25, 0.3) is 5.91 Å². The van der Waals surface area contributed by atoms with E-state index in [2.05, 4.69) is 29.7 Å². The molecule has 43 heavy (non-hydrogen) atoms. The minimum Gasteiger partial charge on any atom is -0.350 e. The lowest BCUT2D eigenvalue weighted by molar-refractivity contribution is -0.134. The van der Waals surface area contributed by atoms with E-state index in [-0.39, 0.29) is 29.7 Å². The van der Waals surface area contributed by atoms with Crippen LogP contribution in [0.15, 0.2) is 66.7 Å². The predicted molar refractivity (Wildman–Crippen MR) is 172 cm³/mol. The van der Waals surface area contributed by atoms with Crippen LogP contribution in [-0.2, 0) is 9.59 Å². The van der Waals surface area contributed by atoms with E-state index < -0.39 is 6.04 Å². The molecule has 5 rings (SSSR count).